The second-order valence-electron chi connectivity index (χ2n) is 4.51. The summed E-state index contributed by atoms with van der Waals surface area (Å²) >= 11 is 0. The van der Waals surface area contributed by atoms with E-state index in [1.165, 1.54) is 10.9 Å². The third-order valence-corrected chi connectivity index (χ3v) is 3.34. The molecule has 0 aliphatic carbocycles. The number of aromatic nitrogens is 2. The van der Waals surface area contributed by atoms with Crippen molar-refractivity contribution in [1.82, 2.24) is 9.97 Å². The molecule has 3 N–H and O–H groups in total. The van der Waals surface area contributed by atoms with Gasteiger partial charge in [0.1, 0.15) is 0 Å². The van der Waals surface area contributed by atoms with Crippen LogP contribution in [0.1, 0.15) is 24.4 Å². The summed E-state index contributed by atoms with van der Waals surface area (Å²) in [6.07, 6.45) is 2.57. The molecule has 0 spiro atoms. The lowest BCUT2D eigenvalue weighted by Crippen LogP contribution is -1.95. The van der Waals surface area contributed by atoms with E-state index in [0.29, 0.717) is 0 Å². The number of H-pyrrole nitrogens is 1. The predicted molar refractivity (Wildman–Crippen MR) is 81.2 cm³/mol. The van der Waals surface area contributed by atoms with E-state index in [9.17, 15) is 0 Å². The molecule has 3 rings (SSSR count). The Bertz CT molecular complexity index is 698. The number of nitrogen functional groups attached to an aromatic ring is 1. The van der Waals surface area contributed by atoms with Gasteiger partial charge in [-0.2, -0.15) is 0 Å². The minimum atomic E-state index is 0. The number of imidazole rings is 1. The van der Waals surface area contributed by atoms with Crippen LogP contribution < -0.4 is 5.73 Å². The van der Waals surface area contributed by atoms with Crippen molar-refractivity contribution < 1.29 is 0 Å². The van der Waals surface area contributed by atoms with Gasteiger partial charge in [0.15, 0.2) is 0 Å². The van der Waals surface area contributed by atoms with Gasteiger partial charge in [0, 0.05) is 23.2 Å². The van der Waals surface area contributed by atoms with Gasteiger partial charge in [0.25, 0.3) is 0 Å². The fraction of sp³-hybridized carbons (Fsp3) is 0.188. The number of hydrogen-bond donors (Lipinski definition) is 2. The van der Waals surface area contributed by atoms with E-state index in [0.717, 1.165) is 28.9 Å². The summed E-state index contributed by atoms with van der Waals surface area (Å²) < 4.78 is 0. The summed E-state index contributed by atoms with van der Waals surface area (Å²) in [6.45, 7) is 2.04. The highest BCUT2D eigenvalue weighted by Gasteiger charge is 2.07. The first kappa shape index (κ1) is 13.1. The summed E-state index contributed by atoms with van der Waals surface area (Å²) in [5.41, 5.74) is 10.3. The molecule has 1 heterocycles. The van der Waals surface area contributed by atoms with Crippen molar-refractivity contribution in [2.24, 2.45) is 0 Å². The van der Waals surface area contributed by atoms with Gasteiger partial charge in [-0.3, -0.25) is 0 Å². The van der Waals surface area contributed by atoms with Crippen molar-refractivity contribution >= 4 is 16.5 Å². The molecule has 0 saturated carbocycles. The Kier molecular flexibility index (Phi) is 3.56. The second kappa shape index (κ2) is 5.14. The van der Waals surface area contributed by atoms with Crippen LogP contribution in [-0.4, -0.2) is 9.97 Å². The number of aromatic amines is 1. The number of nitrogens with two attached hydrogens (primary N) is 1. The maximum atomic E-state index is 6.01. The Morgan fingerprint density at radius 1 is 1.11 bits per heavy atom. The molecule has 0 aliphatic rings. The van der Waals surface area contributed by atoms with Gasteiger partial charge in [0.05, 0.1) is 12.0 Å². The molecule has 1 aromatic heterocycles. The van der Waals surface area contributed by atoms with E-state index in [-0.39, 0.29) is 7.43 Å². The predicted octanol–water partition coefficient (Wildman–Crippen LogP) is 3.68. The molecule has 0 radical (unpaired) electrons. The molecule has 2 aromatic carbocycles. The van der Waals surface area contributed by atoms with Crippen LogP contribution in [0, 0.1) is 6.92 Å². The molecule has 0 fully saturated rings. The smallest absolute Gasteiger partial charge is 0.0925 e. The Labute approximate surface area is 113 Å². The average molecular weight is 253 g/mol. The van der Waals surface area contributed by atoms with Crippen LogP contribution in [-0.2, 0) is 6.42 Å². The van der Waals surface area contributed by atoms with E-state index in [2.05, 4.69) is 28.2 Å². The number of hydrogen-bond acceptors (Lipinski definition) is 2. The maximum absolute atomic E-state index is 6.01. The van der Waals surface area contributed by atoms with Crippen molar-refractivity contribution in [3.8, 4) is 0 Å². The van der Waals surface area contributed by atoms with Gasteiger partial charge in [-0.25, -0.2) is 4.98 Å². The van der Waals surface area contributed by atoms with E-state index in [4.69, 9.17) is 5.73 Å². The molecule has 0 aliphatic heterocycles. The number of benzene rings is 2. The fourth-order valence-electron chi connectivity index (χ4n) is 2.28. The normalized spacial score (nSPS) is 10.4. The molecule has 3 nitrogen and oxygen atoms in total. The van der Waals surface area contributed by atoms with Crippen LogP contribution in [0.4, 0.5) is 5.69 Å². The van der Waals surface area contributed by atoms with Gasteiger partial charge < -0.3 is 10.7 Å². The summed E-state index contributed by atoms with van der Waals surface area (Å²) in [5, 5.41) is 2.32. The molecule has 0 saturated heterocycles. The first-order chi connectivity index (χ1) is 8.75. The molecule has 19 heavy (non-hydrogen) atoms. The SMILES string of the molecule is C.Cc1[nH]cnc1Cc1ccc(N)c2ccccc12. The van der Waals surface area contributed by atoms with Gasteiger partial charge in [0.2, 0.25) is 0 Å². The fourth-order valence-corrected chi connectivity index (χ4v) is 2.28. The molecule has 0 atom stereocenters. The molecular weight excluding hydrogens is 234 g/mol. The zero-order valence-electron chi connectivity index (χ0n) is 10.3. The van der Waals surface area contributed by atoms with Crippen LogP contribution in [0.15, 0.2) is 42.7 Å². The summed E-state index contributed by atoms with van der Waals surface area (Å²) in [7, 11) is 0. The summed E-state index contributed by atoms with van der Waals surface area (Å²) in [5.74, 6) is 0. The molecule has 3 aromatic rings. The van der Waals surface area contributed by atoms with Crippen LogP contribution in [0.2, 0.25) is 0 Å². The van der Waals surface area contributed by atoms with Crippen molar-refractivity contribution in [3.05, 3.63) is 59.7 Å². The topological polar surface area (TPSA) is 54.7 Å². The highest BCUT2D eigenvalue weighted by atomic mass is 14.9. The number of rotatable bonds is 2. The summed E-state index contributed by atoms with van der Waals surface area (Å²) in [4.78, 5) is 7.47. The molecule has 0 bridgehead atoms. The van der Waals surface area contributed by atoms with E-state index in [1.807, 2.05) is 25.1 Å². The van der Waals surface area contributed by atoms with Crippen LogP contribution in [0.3, 0.4) is 0 Å². The largest absolute Gasteiger partial charge is 0.398 e. The highest BCUT2D eigenvalue weighted by molar-refractivity contribution is 5.95. The highest BCUT2D eigenvalue weighted by Crippen LogP contribution is 2.26. The quantitative estimate of drug-likeness (QED) is 0.684. The number of anilines is 1. The Balaban J connectivity index is 0.00000133. The zero-order valence-corrected chi connectivity index (χ0v) is 10.3. The van der Waals surface area contributed by atoms with E-state index < -0.39 is 0 Å². The minimum absolute atomic E-state index is 0. The third kappa shape index (κ3) is 2.32. The van der Waals surface area contributed by atoms with Crippen molar-refractivity contribution in [2.75, 3.05) is 5.73 Å². The molecule has 0 amide bonds. The second-order valence-corrected chi connectivity index (χ2v) is 4.51. The van der Waals surface area contributed by atoms with E-state index >= 15 is 0 Å². The lowest BCUT2D eigenvalue weighted by Gasteiger charge is -2.08. The summed E-state index contributed by atoms with van der Waals surface area (Å²) in [6, 6.07) is 12.3. The first-order valence-corrected chi connectivity index (χ1v) is 6.00. The van der Waals surface area contributed by atoms with Gasteiger partial charge in [-0.15, -0.1) is 0 Å². The standard InChI is InChI=1S/C15H15N3.CH4/c1-10-15(18-9-17-10)8-11-6-7-14(16)13-5-3-2-4-12(11)13;/h2-7,9H,8,16H2,1H3,(H,17,18);1H4. The lowest BCUT2D eigenvalue weighted by atomic mass is 9.99. The zero-order chi connectivity index (χ0) is 12.5. The van der Waals surface area contributed by atoms with Gasteiger partial charge in [-0.1, -0.05) is 37.8 Å². The Morgan fingerprint density at radius 3 is 2.53 bits per heavy atom. The van der Waals surface area contributed by atoms with Crippen LogP contribution in [0.5, 0.6) is 0 Å². The number of nitrogens with zero attached hydrogens (tertiary/aromatic N) is 1. The first-order valence-electron chi connectivity index (χ1n) is 6.00. The van der Waals surface area contributed by atoms with Crippen LogP contribution >= 0.6 is 0 Å². The lowest BCUT2D eigenvalue weighted by molar-refractivity contribution is 1.09. The molecular formula is C16H19N3. The monoisotopic (exact) mass is 253 g/mol. The third-order valence-electron chi connectivity index (χ3n) is 3.34. The van der Waals surface area contributed by atoms with E-state index in [1.54, 1.807) is 6.33 Å². The van der Waals surface area contributed by atoms with Gasteiger partial charge >= 0.3 is 0 Å². The molecule has 98 valence electrons. The number of fused-ring (bicyclic) bond motifs is 1. The molecule has 3 heteroatoms. The van der Waals surface area contributed by atoms with Gasteiger partial charge in [-0.05, 0) is 23.9 Å². The Morgan fingerprint density at radius 2 is 1.84 bits per heavy atom. The van der Waals surface area contributed by atoms with Crippen molar-refractivity contribution in [3.63, 3.8) is 0 Å². The maximum Gasteiger partial charge on any atom is 0.0925 e. The van der Waals surface area contributed by atoms with Crippen molar-refractivity contribution in [1.29, 1.82) is 0 Å². The molecule has 0 unspecified atom stereocenters. The van der Waals surface area contributed by atoms with Crippen LogP contribution in [0.25, 0.3) is 10.8 Å². The van der Waals surface area contributed by atoms with Crippen molar-refractivity contribution in [2.45, 2.75) is 20.8 Å². The minimum Gasteiger partial charge on any atom is -0.398 e. The number of aryl methyl sites for hydroxylation is 1. The number of nitrogens with one attached hydrogen (secondary N) is 1. The average Bonchev–Trinajstić information content (AvgIpc) is 2.79. The Hall–Kier alpha value is -2.29.